The summed E-state index contributed by atoms with van der Waals surface area (Å²) in [5, 5.41) is 0. The van der Waals surface area contributed by atoms with E-state index in [1.54, 1.807) is 0 Å². The Hall–Kier alpha value is -15.0. The van der Waals surface area contributed by atoms with Crippen LogP contribution >= 0.6 is 0 Å². The molecule has 0 saturated carbocycles. The van der Waals surface area contributed by atoms with E-state index < -0.39 is 0 Å². The molecule has 19 aromatic rings. The molecule has 0 fully saturated rings. The van der Waals surface area contributed by atoms with Crippen molar-refractivity contribution < 1.29 is 20.1 Å². The van der Waals surface area contributed by atoms with Gasteiger partial charge in [-0.2, -0.15) is 0 Å². The summed E-state index contributed by atoms with van der Waals surface area (Å²) in [6, 6.07) is 127. The molecule has 6 aromatic heterocycles. The van der Waals surface area contributed by atoms with Crippen LogP contribution in [0.5, 0.6) is 0 Å². The van der Waals surface area contributed by atoms with Crippen molar-refractivity contribution in [3.8, 4) is 203 Å². The van der Waals surface area contributed by atoms with E-state index in [0.29, 0.717) is 52.4 Å². The van der Waals surface area contributed by atoms with Crippen LogP contribution in [-0.4, -0.2) is 59.8 Å². The molecule has 0 saturated heterocycles. The number of rotatable bonds is 18. The fourth-order valence-electron chi connectivity index (χ4n) is 17.4. The van der Waals surface area contributed by atoms with E-state index in [-0.39, 0.29) is 52.6 Å². The maximum Gasteiger partial charge on any atom is 3.00 e. The Kier molecular flexibility index (Phi) is 25.9. The Labute approximate surface area is 831 Å². The zero-order chi connectivity index (χ0) is 96.2. The van der Waals surface area contributed by atoms with Crippen LogP contribution in [0.2, 0.25) is 0 Å². The van der Waals surface area contributed by atoms with Gasteiger partial charge in [-0.25, -0.2) is 44.9 Å². The molecule has 12 nitrogen and oxygen atoms in total. The quantitative estimate of drug-likeness (QED) is 0.0751. The fraction of sp³-hybridized carbons (Fsp3) is 0.190. The van der Waals surface area contributed by atoms with Crippen molar-refractivity contribution in [1.82, 2.24) is 59.8 Å². The maximum atomic E-state index is 5.12. The molecule has 0 unspecified atom stereocenters. The van der Waals surface area contributed by atoms with Crippen molar-refractivity contribution >= 4 is 0 Å². The standard InChI is InChI=1S/C126H111N12.Ir/c1-121(2,3)97-58-43-85(44-59-97)112-130-113(86-45-60-98(61-46-86)122(4,5)6)134-118(133-112)91-55-70-109(127-76-91)82-37-31-79(32-38-82)103-25-19-22-28-106(103)94-73-95(107-29-23-20-26-104(107)80-33-39-83(40-34-80)110-71-56-92(77-128-110)119-135-114(87-47-62-99(63-48-87)123(7,8)9)131-115(136-119)88-49-64-100(65-50-88)124(10,11)12)75-96(74-94)108-30-24-21-27-105(108)81-35-41-84(42-36-81)111-72-57-93(78-129-111)120-137-116(89-51-66-101(67-52-89)125(13,14)15)132-117(138-120)90-53-68-102(69-54-90)126(16,17)18;/h19-37,39,41,43-78H,1-18H3;/q-3;+3. The molecular formula is C126H111IrN12. The van der Waals surface area contributed by atoms with Crippen LogP contribution in [0.3, 0.4) is 0 Å². The Morgan fingerprint density at radius 1 is 0.165 bits per heavy atom. The Balaban J connectivity index is 0.0000128. The van der Waals surface area contributed by atoms with Gasteiger partial charge in [-0.15, -0.1) is 89.5 Å². The van der Waals surface area contributed by atoms with Crippen LogP contribution in [0.15, 0.2) is 346 Å². The Morgan fingerprint density at radius 2 is 0.324 bits per heavy atom. The molecule has 13 aromatic carbocycles. The normalized spacial score (nSPS) is 12.0. The predicted octanol–water partition coefficient (Wildman–Crippen LogP) is 31.6. The number of nitrogens with zero attached hydrogens (tertiary/aromatic N) is 12. The SMILES string of the molecule is CC(C)(C)c1ccc(-c2nc(-c3ccc(C(C)(C)C)cc3)nc(-c3ccc(-c4[c-]cc(-c5ccccc5-c5cc(-c6ccccc6-c6c[c-]c(-c7ccc(-c8nc(-c9ccc(C(C)(C)C)cc9)nc(-c9ccc(C(C)(C)C)cc9)n8)cn7)cc6)cc(-c6ccccc6-c6c[c-]c(-c7ccc(-c8nc(-c9ccc(C(C)(C)C)cc9)nc(-c9ccc(C(C)(C)C)cc9)n8)cn7)cc6)c5)cc4)nc3)n2)cc1.[Ir+3]. The second-order valence-corrected chi connectivity index (χ2v) is 42.1. The first-order chi connectivity index (χ1) is 66.1. The average molecular weight is 1990 g/mol. The van der Waals surface area contributed by atoms with Gasteiger partial charge in [0.2, 0.25) is 0 Å². The molecule has 0 bridgehead atoms. The molecule has 0 aliphatic rings. The van der Waals surface area contributed by atoms with Crippen molar-refractivity contribution in [2.45, 2.75) is 157 Å². The first-order valence-electron chi connectivity index (χ1n) is 47.4. The van der Waals surface area contributed by atoms with Gasteiger partial charge in [0, 0.05) is 68.7 Å². The van der Waals surface area contributed by atoms with Crippen LogP contribution in [0.1, 0.15) is 158 Å². The van der Waals surface area contributed by atoms with Crippen LogP contribution < -0.4 is 0 Å². The van der Waals surface area contributed by atoms with E-state index >= 15 is 0 Å². The topological polar surface area (TPSA) is 155 Å². The summed E-state index contributed by atoms with van der Waals surface area (Å²) in [5.74, 6) is 5.19. The summed E-state index contributed by atoms with van der Waals surface area (Å²) in [6.07, 6.45) is 5.57. The second kappa shape index (κ2) is 38.2. The summed E-state index contributed by atoms with van der Waals surface area (Å²) in [5.41, 5.74) is 32.4. The second-order valence-electron chi connectivity index (χ2n) is 42.1. The molecule has 684 valence electrons. The zero-order valence-corrected chi connectivity index (χ0v) is 84.5. The van der Waals surface area contributed by atoms with Crippen molar-refractivity contribution in [1.29, 1.82) is 0 Å². The van der Waals surface area contributed by atoms with E-state index in [1.807, 2.05) is 55.0 Å². The molecule has 139 heavy (non-hydrogen) atoms. The van der Waals surface area contributed by atoms with Gasteiger partial charge in [-0.05, 0) is 135 Å². The molecule has 0 radical (unpaired) electrons. The number of aromatic nitrogens is 12. The number of hydrogen-bond donors (Lipinski definition) is 0. The summed E-state index contributed by atoms with van der Waals surface area (Å²) in [6.45, 7) is 40.0. The predicted molar refractivity (Wildman–Crippen MR) is 567 cm³/mol. The summed E-state index contributed by atoms with van der Waals surface area (Å²) >= 11 is 0. The smallest absolute Gasteiger partial charge is 0.304 e. The summed E-state index contributed by atoms with van der Waals surface area (Å²) in [7, 11) is 0. The third-order valence-corrected chi connectivity index (χ3v) is 25.9. The average Bonchev–Trinajstić information content (AvgIpc) is 0.761. The third kappa shape index (κ3) is 20.8. The summed E-state index contributed by atoms with van der Waals surface area (Å²) < 4.78 is 0. The van der Waals surface area contributed by atoms with E-state index in [0.717, 1.165) is 151 Å². The van der Waals surface area contributed by atoms with Gasteiger partial charge in [0.05, 0.1) is 0 Å². The molecule has 0 N–H and O–H groups in total. The maximum absolute atomic E-state index is 5.12. The molecule has 19 rings (SSSR count). The van der Waals surface area contributed by atoms with Gasteiger partial charge in [0.25, 0.3) is 0 Å². The van der Waals surface area contributed by atoms with Crippen molar-refractivity contribution in [2.24, 2.45) is 0 Å². The van der Waals surface area contributed by atoms with E-state index in [9.17, 15) is 0 Å². The molecule has 0 atom stereocenters. The molecule has 0 aliphatic carbocycles. The molecule has 0 spiro atoms. The van der Waals surface area contributed by atoms with Gasteiger partial charge in [0.1, 0.15) is 0 Å². The van der Waals surface area contributed by atoms with Crippen LogP contribution in [-0.2, 0) is 52.6 Å². The monoisotopic (exact) mass is 1980 g/mol. The third-order valence-electron chi connectivity index (χ3n) is 25.9. The van der Waals surface area contributed by atoms with E-state index in [4.69, 9.17) is 59.8 Å². The van der Waals surface area contributed by atoms with E-state index in [1.165, 1.54) is 33.4 Å². The fourth-order valence-corrected chi connectivity index (χ4v) is 17.4. The first-order valence-corrected chi connectivity index (χ1v) is 47.4. The van der Waals surface area contributed by atoms with Crippen LogP contribution in [0, 0.1) is 18.2 Å². The minimum Gasteiger partial charge on any atom is -0.304 e. The number of hydrogen-bond acceptors (Lipinski definition) is 12. The minimum atomic E-state index is -0.00932. The Morgan fingerprint density at radius 3 is 0.475 bits per heavy atom. The van der Waals surface area contributed by atoms with Gasteiger partial charge >= 0.3 is 20.1 Å². The largest absolute Gasteiger partial charge is 3.00 e. The summed E-state index contributed by atoms with van der Waals surface area (Å²) in [4.78, 5) is 61.2. The van der Waals surface area contributed by atoms with Gasteiger partial charge in [-0.1, -0.05) is 413 Å². The first kappa shape index (κ1) is 94.4. The number of benzene rings is 13. The van der Waals surface area contributed by atoms with Gasteiger partial charge in [0.15, 0.2) is 52.4 Å². The Bertz CT molecular complexity index is 6680. The van der Waals surface area contributed by atoms with Gasteiger partial charge in [-0.3, -0.25) is 0 Å². The van der Waals surface area contributed by atoms with E-state index in [2.05, 4.69) is 434 Å². The molecule has 0 aliphatic heterocycles. The number of pyridine rings is 3. The minimum absolute atomic E-state index is 0. The molecule has 13 heteroatoms. The van der Waals surface area contributed by atoms with Crippen LogP contribution in [0.25, 0.3) is 203 Å². The molecule has 0 amide bonds. The van der Waals surface area contributed by atoms with Crippen molar-refractivity contribution in [2.75, 3.05) is 0 Å². The molecule has 6 heterocycles. The molecular weight excluding hydrogens is 1870 g/mol. The van der Waals surface area contributed by atoms with Crippen molar-refractivity contribution in [3.63, 3.8) is 0 Å². The zero-order valence-electron chi connectivity index (χ0n) is 82.1. The van der Waals surface area contributed by atoms with Crippen molar-refractivity contribution in [3.05, 3.63) is 398 Å². The van der Waals surface area contributed by atoms with Gasteiger partial charge < -0.3 is 15.0 Å². The van der Waals surface area contributed by atoms with Crippen LogP contribution in [0.4, 0.5) is 0 Å².